The Morgan fingerprint density at radius 3 is 2.31 bits per heavy atom. The fraction of sp³-hybridized carbons (Fsp3) is 0.500. The van der Waals surface area contributed by atoms with Crippen LogP contribution >= 0.6 is 0 Å². The van der Waals surface area contributed by atoms with Crippen LogP contribution in [0.5, 0.6) is 0 Å². The zero-order valence-corrected chi connectivity index (χ0v) is 10.5. The molecule has 2 radical (unpaired) electrons. The average Bonchev–Trinajstić information content (AvgIpc) is 2.38. The van der Waals surface area contributed by atoms with Crippen LogP contribution in [-0.2, 0) is 0 Å². The summed E-state index contributed by atoms with van der Waals surface area (Å²) in [4.78, 5) is 8.88. The Balaban J connectivity index is 2.96. The van der Waals surface area contributed by atoms with Crippen LogP contribution in [0.25, 0.3) is 11.0 Å². The van der Waals surface area contributed by atoms with Gasteiger partial charge in [-0.2, -0.15) is 0 Å². The van der Waals surface area contributed by atoms with Crippen LogP contribution in [-0.4, -0.2) is 22.4 Å². The van der Waals surface area contributed by atoms with Crippen LogP contribution in [0.4, 0.5) is 0 Å². The fourth-order valence-electron chi connectivity index (χ4n) is 2.29. The van der Waals surface area contributed by atoms with E-state index in [0.29, 0.717) is 6.04 Å². The smallest absolute Gasteiger partial charge is 0.143 e. The highest BCUT2D eigenvalue weighted by Crippen LogP contribution is 2.21. The molecule has 0 spiro atoms. The molecule has 0 saturated carbocycles. The van der Waals surface area contributed by atoms with Crippen LogP contribution in [0.1, 0.15) is 37.1 Å². The molecule has 2 heterocycles. The molecule has 0 aliphatic heterocycles. The number of fused-ring (bicyclic) bond motifs is 1. The normalized spacial score (nSPS) is 11.6. The van der Waals surface area contributed by atoms with E-state index in [-0.39, 0.29) is 0 Å². The summed E-state index contributed by atoms with van der Waals surface area (Å²) in [5.74, 6) is 0.796. The molecule has 0 aromatic carbocycles. The maximum atomic E-state index is 6.13. The molecule has 2 aromatic rings. The number of nitrogens with zero attached hydrogens (tertiary/aromatic N) is 3. The molecule has 16 heavy (non-hydrogen) atoms. The summed E-state index contributed by atoms with van der Waals surface area (Å²) in [6, 6.07) is 0.355. The summed E-state index contributed by atoms with van der Waals surface area (Å²) in [6.45, 7) is 10.2. The van der Waals surface area contributed by atoms with Crippen molar-refractivity contribution in [2.24, 2.45) is 0 Å². The lowest BCUT2D eigenvalue weighted by atomic mass is 9.93. The Bertz CT molecular complexity index is 555. The van der Waals surface area contributed by atoms with Gasteiger partial charge in [0, 0.05) is 22.8 Å². The first-order chi connectivity index (χ1) is 7.43. The molecular formula is C12H16BN3. The van der Waals surface area contributed by atoms with Gasteiger partial charge in [0.05, 0.1) is 0 Å². The first-order valence-corrected chi connectivity index (χ1v) is 5.54. The van der Waals surface area contributed by atoms with Gasteiger partial charge in [0.2, 0.25) is 0 Å². The van der Waals surface area contributed by atoms with Gasteiger partial charge in [-0.05, 0) is 34.6 Å². The van der Waals surface area contributed by atoms with Gasteiger partial charge < -0.3 is 4.57 Å². The molecule has 0 bridgehead atoms. The Morgan fingerprint density at radius 2 is 1.75 bits per heavy atom. The van der Waals surface area contributed by atoms with Gasteiger partial charge in [0.15, 0.2) is 0 Å². The van der Waals surface area contributed by atoms with Crippen molar-refractivity contribution in [1.29, 1.82) is 0 Å². The molecule has 0 aliphatic carbocycles. The molecule has 0 aliphatic rings. The molecule has 0 atom stereocenters. The van der Waals surface area contributed by atoms with Gasteiger partial charge >= 0.3 is 0 Å². The predicted molar refractivity (Wildman–Crippen MR) is 67.5 cm³/mol. The third-order valence-electron chi connectivity index (χ3n) is 2.95. The van der Waals surface area contributed by atoms with Crippen LogP contribution < -0.4 is 5.46 Å². The lowest BCUT2D eigenvalue weighted by Crippen LogP contribution is -2.10. The molecule has 2 rings (SSSR count). The van der Waals surface area contributed by atoms with E-state index in [9.17, 15) is 0 Å². The van der Waals surface area contributed by atoms with E-state index in [1.807, 2.05) is 20.8 Å². The monoisotopic (exact) mass is 213 g/mol. The SMILES string of the molecule is [B]c1c(C)n(C(C)C)c2nc(C)nc(C)c12. The number of hydrogen-bond acceptors (Lipinski definition) is 2. The lowest BCUT2D eigenvalue weighted by Gasteiger charge is -2.12. The molecule has 0 saturated heterocycles. The van der Waals surface area contributed by atoms with E-state index in [1.165, 1.54) is 0 Å². The average molecular weight is 213 g/mol. The van der Waals surface area contributed by atoms with Crippen LogP contribution in [0, 0.1) is 20.8 Å². The van der Waals surface area contributed by atoms with E-state index in [4.69, 9.17) is 7.85 Å². The molecule has 2 aromatic heterocycles. The molecule has 0 amide bonds. The van der Waals surface area contributed by atoms with Crippen LogP contribution in [0.2, 0.25) is 0 Å². The molecule has 4 heteroatoms. The standard InChI is InChI=1S/C12H16BN3/c1-6(2)16-8(4)11(13)10-7(3)14-9(5)15-12(10)16/h6H,1-5H3. The number of rotatable bonds is 1. The zero-order chi connectivity index (χ0) is 12.0. The van der Waals surface area contributed by atoms with Crippen molar-refractivity contribution in [3.63, 3.8) is 0 Å². The van der Waals surface area contributed by atoms with Gasteiger partial charge in [-0.15, -0.1) is 0 Å². The van der Waals surface area contributed by atoms with Crippen LogP contribution in [0.15, 0.2) is 0 Å². The molecular weight excluding hydrogens is 197 g/mol. The Hall–Kier alpha value is -1.32. The van der Waals surface area contributed by atoms with E-state index < -0.39 is 0 Å². The second-order valence-electron chi connectivity index (χ2n) is 4.52. The highest BCUT2D eigenvalue weighted by Gasteiger charge is 2.16. The molecule has 0 fully saturated rings. The number of aromatic nitrogens is 3. The van der Waals surface area contributed by atoms with Gasteiger partial charge in [-0.3, -0.25) is 0 Å². The molecule has 3 nitrogen and oxygen atoms in total. The third kappa shape index (κ3) is 1.44. The maximum Gasteiger partial charge on any atom is 0.143 e. The van der Waals surface area contributed by atoms with Crippen molar-refractivity contribution in [3.8, 4) is 0 Å². The number of hydrogen-bond donors (Lipinski definition) is 0. The highest BCUT2D eigenvalue weighted by atomic mass is 15.1. The van der Waals surface area contributed by atoms with E-state index in [1.54, 1.807) is 0 Å². The van der Waals surface area contributed by atoms with Crippen molar-refractivity contribution < 1.29 is 0 Å². The molecule has 82 valence electrons. The summed E-state index contributed by atoms with van der Waals surface area (Å²) in [5, 5.41) is 0.997. The Kier molecular flexibility index (Phi) is 2.52. The van der Waals surface area contributed by atoms with Crippen molar-refractivity contribution in [3.05, 3.63) is 17.2 Å². The van der Waals surface area contributed by atoms with Crippen molar-refractivity contribution in [2.75, 3.05) is 0 Å². The topological polar surface area (TPSA) is 30.7 Å². The maximum absolute atomic E-state index is 6.13. The minimum absolute atomic E-state index is 0.355. The first kappa shape index (κ1) is 11.2. The summed E-state index contributed by atoms with van der Waals surface area (Å²) < 4.78 is 2.17. The summed E-state index contributed by atoms with van der Waals surface area (Å²) in [7, 11) is 6.13. The van der Waals surface area contributed by atoms with E-state index in [0.717, 1.165) is 33.7 Å². The second kappa shape index (κ2) is 3.61. The minimum Gasteiger partial charge on any atom is -0.328 e. The molecule has 0 N–H and O–H groups in total. The van der Waals surface area contributed by atoms with Gasteiger partial charge in [-0.1, -0.05) is 5.46 Å². The molecule has 0 unspecified atom stereocenters. The summed E-state index contributed by atoms with van der Waals surface area (Å²) >= 11 is 0. The van der Waals surface area contributed by atoms with E-state index in [2.05, 4.69) is 28.4 Å². The predicted octanol–water partition coefficient (Wildman–Crippen LogP) is 1.73. The second-order valence-corrected chi connectivity index (χ2v) is 4.52. The summed E-state index contributed by atoms with van der Waals surface area (Å²) in [5.41, 5.74) is 3.80. The van der Waals surface area contributed by atoms with Crippen LogP contribution in [0.3, 0.4) is 0 Å². The van der Waals surface area contributed by atoms with Gasteiger partial charge in [0.25, 0.3) is 0 Å². The Labute approximate surface area is 97.3 Å². The number of aryl methyl sites for hydroxylation is 2. The van der Waals surface area contributed by atoms with Crippen molar-refractivity contribution in [1.82, 2.24) is 14.5 Å². The first-order valence-electron chi connectivity index (χ1n) is 5.54. The van der Waals surface area contributed by atoms with Crippen molar-refractivity contribution >= 4 is 24.3 Å². The highest BCUT2D eigenvalue weighted by molar-refractivity contribution is 6.40. The quantitative estimate of drug-likeness (QED) is 0.675. The fourth-order valence-corrected chi connectivity index (χ4v) is 2.29. The summed E-state index contributed by atoms with van der Waals surface area (Å²) in [6.07, 6.45) is 0. The lowest BCUT2D eigenvalue weighted by molar-refractivity contribution is 0.603. The zero-order valence-electron chi connectivity index (χ0n) is 10.5. The van der Waals surface area contributed by atoms with Crippen molar-refractivity contribution in [2.45, 2.75) is 40.7 Å². The van der Waals surface area contributed by atoms with Gasteiger partial charge in [0.1, 0.15) is 19.3 Å². The van der Waals surface area contributed by atoms with E-state index >= 15 is 0 Å². The third-order valence-corrected chi connectivity index (χ3v) is 2.95. The minimum atomic E-state index is 0.355. The van der Waals surface area contributed by atoms with Gasteiger partial charge in [-0.25, -0.2) is 9.97 Å². The Morgan fingerprint density at radius 1 is 1.12 bits per heavy atom. The largest absolute Gasteiger partial charge is 0.328 e.